The molecule has 2 fully saturated rings. The molecule has 7 heteroatoms. The van der Waals surface area contributed by atoms with Gasteiger partial charge in [-0.1, -0.05) is 30.3 Å². The summed E-state index contributed by atoms with van der Waals surface area (Å²) in [6.45, 7) is 15.5. The van der Waals surface area contributed by atoms with E-state index >= 15 is 0 Å². The first-order valence-electron chi connectivity index (χ1n) is 15.4. The highest BCUT2D eigenvalue weighted by Gasteiger charge is 2.29. The average molecular weight is 558 g/mol. The van der Waals surface area contributed by atoms with E-state index in [1.54, 1.807) is 0 Å². The van der Waals surface area contributed by atoms with Crippen LogP contribution >= 0.6 is 0 Å². The number of allylic oxidation sites excluding steroid dienone is 1. The second-order valence-corrected chi connectivity index (χ2v) is 12.6. The molecule has 0 bridgehead atoms. The Morgan fingerprint density at radius 3 is 2.34 bits per heavy atom. The van der Waals surface area contributed by atoms with Crippen LogP contribution in [0.2, 0.25) is 0 Å². The standard InChI is InChI=1S/C34H47N5O2/c1-22(2)35-24(4)27-11-13-30(14-12-27)39-32-20-26(21-38-18-16-28(17-19-38)25(5)40)8-15-31(32)36-34(39)37-33(41)29-9-6-23(3)7-10-29/h6-10,15,20,22,25,27-28,30,35,40H,4,11-14,16-19,21H2,1-3,5H3,(H,36,37,41). The molecule has 220 valence electrons. The van der Waals surface area contributed by atoms with Crippen molar-refractivity contribution in [3.63, 3.8) is 0 Å². The average Bonchev–Trinajstić information content (AvgIpc) is 3.30. The second-order valence-electron chi connectivity index (χ2n) is 12.6. The summed E-state index contributed by atoms with van der Waals surface area (Å²) in [7, 11) is 0. The topological polar surface area (TPSA) is 82.4 Å². The van der Waals surface area contributed by atoms with E-state index in [0.717, 1.165) is 80.5 Å². The first-order valence-corrected chi connectivity index (χ1v) is 15.4. The van der Waals surface area contributed by atoms with Gasteiger partial charge in [0.1, 0.15) is 0 Å². The highest BCUT2D eigenvalue weighted by Crippen LogP contribution is 2.39. The van der Waals surface area contributed by atoms with E-state index in [2.05, 4.69) is 58.7 Å². The van der Waals surface area contributed by atoms with Gasteiger partial charge in [0.05, 0.1) is 17.1 Å². The normalized spacial score (nSPS) is 21.2. The minimum absolute atomic E-state index is 0.133. The van der Waals surface area contributed by atoms with Gasteiger partial charge in [0, 0.05) is 29.9 Å². The van der Waals surface area contributed by atoms with Crippen LogP contribution < -0.4 is 10.6 Å². The molecule has 2 aliphatic rings. The molecule has 1 unspecified atom stereocenters. The predicted molar refractivity (Wildman–Crippen MR) is 167 cm³/mol. The van der Waals surface area contributed by atoms with Gasteiger partial charge in [0.15, 0.2) is 0 Å². The maximum Gasteiger partial charge on any atom is 0.257 e. The van der Waals surface area contributed by atoms with Gasteiger partial charge < -0.3 is 15.0 Å². The zero-order valence-corrected chi connectivity index (χ0v) is 25.2. The number of aromatic nitrogens is 2. The van der Waals surface area contributed by atoms with Crippen molar-refractivity contribution in [2.24, 2.45) is 11.8 Å². The Hall–Kier alpha value is -3.16. The fourth-order valence-electron chi connectivity index (χ4n) is 6.60. The number of fused-ring (bicyclic) bond motifs is 1. The van der Waals surface area contributed by atoms with Crippen LogP contribution in [-0.4, -0.2) is 50.7 Å². The summed E-state index contributed by atoms with van der Waals surface area (Å²) in [4.78, 5) is 20.7. The van der Waals surface area contributed by atoms with E-state index in [0.29, 0.717) is 29.4 Å². The quantitative estimate of drug-likeness (QED) is 0.282. The van der Waals surface area contributed by atoms with Crippen LogP contribution in [0.4, 0.5) is 5.95 Å². The summed E-state index contributed by atoms with van der Waals surface area (Å²) in [5, 5.41) is 16.7. The molecule has 3 N–H and O–H groups in total. The molecule has 1 aliphatic heterocycles. The molecule has 1 aliphatic carbocycles. The third kappa shape index (κ3) is 7.02. The number of aryl methyl sites for hydroxylation is 1. The third-order valence-electron chi connectivity index (χ3n) is 9.04. The Morgan fingerprint density at radius 1 is 1.02 bits per heavy atom. The van der Waals surface area contributed by atoms with Crippen molar-refractivity contribution in [2.45, 2.75) is 91.0 Å². The maximum atomic E-state index is 13.3. The molecule has 1 saturated heterocycles. The van der Waals surface area contributed by atoms with Crippen LogP contribution in [0.5, 0.6) is 0 Å². The van der Waals surface area contributed by atoms with Crippen molar-refractivity contribution in [3.8, 4) is 0 Å². The van der Waals surface area contributed by atoms with Crippen LogP contribution in [0.1, 0.15) is 86.8 Å². The Bertz CT molecular complexity index is 1340. The van der Waals surface area contributed by atoms with Crippen LogP contribution in [0.3, 0.4) is 0 Å². The second kappa shape index (κ2) is 12.8. The lowest BCUT2D eigenvalue weighted by Crippen LogP contribution is -2.36. The molecular weight excluding hydrogens is 510 g/mol. The van der Waals surface area contributed by atoms with E-state index in [1.807, 2.05) is 38.1 Å². The number of imidazole rings is 1. The predicted octanol–water partition coefficient (Wildman–Crippen LogP) is 6.43. The molecule has 1 amide bonds. The number of aliphatic hydroxyl groups excluding tert-OH is 1. The molecule has 2 heterocycles. The smallest absolute Gasteiger partial charge is 0.257 e. The molecule has 3 aromatic rings. The number of nitrogens with one attached hydrogen (secondary N) is 2. The molecule has 0 radical (unpaired) electrons. The number of aliphatic hydroxyl groups is 1. The Balaban J connectivity index is 1.40. The van der Waals surface area contributed by atoms with Crippen molar-refractivity contribution in [2.75, 3.05) is 18.4 Å². The van der Waals surface area contributed by atoms with Crippen molar-refractivity contribution in [1.82, 2.24) is 19.8 Å². The van der Waals surface area contributed by atoms with Crippen LogP contribution in [0.15, 0.2) is 54.7 Å². The van der Waals surface area contributed by atoms with Crippen LogP contribution in [-0.2, 0) is 6.54 Å². The number of hydrogen-bond acceptors (Lipinski definition) is 5. The number of benzene rings is 2. The van der Waals surface area contributed by atoms with Gasteiger partial charge in [-0.3, -0.25) is 15.0 Å². The number of piperidine rings is 1. The van der Waals surface area contributed by atoms with Gasteiger partial charge in [-0.05, 0) is 121 Å². The Kier molecular flexibility index (Phi) is 9.15. The van der Waals surface area contributed by atoms with Crippen LogP contribution in [0.25, 0.3) is 11.0 Å². The Labute approximate surface area is 245 Å². The molecule has 41 heavy (non-hydrogen) atoms. The molecule has 2 aromatic carbocycles. The lowest BCUT2D eigenvalue weighted by Gasteiger charge is -2.33. The summed E-state index contributed by atoms with van der Waals surface area (Å²) >= 11 is 0. The lowest BCUT2D eigenvalue weighted by molar-refractivity contribution is 0.0695. The van der Waals surface area contributed by atoms with E-state index in [4.69, 9.17) is 4.98 Å². The van der Waals surface area contributed by atoms with Gasteiger partial charge >= 0.3 is 0 Å². The summed E-state index contributed by atoms with van der Waals surface area (Å²) in [5.74, 6) is 1.36. The van der Waals surface area contributed by atoms with Gasteiger partial charge in [0.2, 0.25) is 5.95 Å². The van der Waals surface area contributed by atoms with Crippen molar-refractivity contribution >= 4 is 22.9 Å². The largest absolute Gasteiger partial charge is 0.393 e. The highest BCUT2D eigenvalue weighted by molar-refractivity contribution is 6.04. The number of anilines is 1. The van der Waals surface area contributed by atoms with Crippen molar-refractivity contribution < 1.29 is 9.90 Å². The molecule has 1 saturated carbocycles. The zero-order chi connectivity index (χ0) is 29.1. The number of carbonyl (C=O) groups is 1. The molecule has 7 nitrogen and oxygen atoms in total. The number of likely N-dealkylation sites (tertiary alicyclic amines) is 1. The van der Waals surface area contributed by atoms with Gasteiger partial charge in [-0.2, -0.15) is 0 Å². The number of carbonyl (C=O) groups excluding carboxylic acids is 1. The minimum atomic E-state index is -0.232. The fraction of sp³-hybridized carbons (Fsp3) is 0.529. The molecule has 5 rings (SSSR count). The van der Waals surface area contributed by atoms with E-state index in [-0.39, 0.29) is 18.1 Å². The number of nitrogens with zero attached hydrogens (tertiary/aromatic N) is 3. The highest BCUT2D eigenvalue weighted by atomic mass is 16.3. The van der Waals surface area contributed by atoms with Crippen LogP contribution in [0, 0.1) is 18.8 Å². The molecule has 0 spiro atoms. The number of rotatable bonds is 9. The van der Waals surface area contributed by atoms with Gasteiger partial charge in [0.25, 0.3) is 5.91 Å². The van der Waals surface area contributed by atoms with Gasteiger partial charge in [-0.25, -0.2) is 4.98 Å². The summed E-state index contributed by atoms with van der Waals surface area (Å²) in [6.07, 6.45) is 5.99. The molecular formula is C34H47N5O2. The number of hydrogen-bond donors (Lipinski definition) is 3. The zero-order valence-electron chi connectivity index (χ0n) is 25.2. The first-order chi connectivity index (χ1) is 19.7. The van der Waals surface area contributed by atoms with Crippen molar-refractivity contribution in [3.05, 3.63) is 71.4 Å². The minimum Gasteiger partial charge on any atom is -0.393 e. The summed E-state index contributed by atoms with van der Waals surface area (Å²) < 4.78 is 2.29. The van der Waals surface area contributed by atoms with Crippen molar-refractivity contribution in [1.29, 1.82) is 0 Å². The van der Waals surface area contributed by atoms with Gasteiger partial charge in [-0.15, -0.1) is 0 Å². The van der Waals surface area contributed by atoms with E-state index in [1.165, 1.54) is 5.56 Å². The molecule has 1 aromatic heterocycles. The summed E-state index contributed by atoms with van der Waals surface area (Å²) in [5.41, 5.74) is 6.16. The maximum absolute atomic E-state index is 13.3. The Morgan fingerprint density at radius 2 is 1.71 bits per heavy atom. The fourth-order valence-corrected chi connectivity index (χ4v) is 6.60. The van der Waals surface area contributed by atoms with E-state index in [9.17, 15) is 9.90 Å². The lowest BCUT2D eigenvalue weighted by atomic mass is 9.84. The monoisotopic (exact) mass is 557 g/mol. The third-order valence-corrected chi connectivity index (χ3v) is 9.04. The first kappa shape index (κ1) is 29.3. The number of amides is 1. The summed E-state index contributed by atoms with van der Waals surface area (Å²) in [6, 6.07) is 14.9. The van der Waals surface area contributed by atoms with E-state index < -0.39 is 0 Å². The molecule has 1 atom stereocenters. The SMILES string of the molecule is C=C(NC(C)C)C1CCC(n2c(NC(=O)c3ccc(C)cc3)nc3ccc(CN4CCC(C(C)O)CC4)cc32)CC1.